The number of benzene rings is 1. The van der Waals surface area contributed by atoms with Crippen molar-refractivity contribution in [2.24, 2.45) is 0 Å². The Morgan fingerprint density at radius 2 is 2.08 bits per heavy atom. The third-order valence-corrected chi connectivity index (χ3v) is 6.70. The molecule has 0 saturated carbocycles. The van der Waals surface area contributed by atoms with Crippen molar-refractivity contribution in [2.75, 3.05) is 18.1 Å². The van der Waals surface area contributed by atoms with Crippen LogP contribution in [0.25, 0.3) is 0 Å². The van der Waals surface area contributed by atoms with E-state index in [9.17, 15) is 18.5 Å². The van der Waals surface area contributed by atoms with E-state index in [4.69, 9.17) is 4.98 Å². The van der Waals surface area contributed by atoms with Gasteiger partial charge in [-0.3, -0.25) is 10.1 Å². The summed E-state index contributed by atoms with van der Waals surface area (Å²) in [4.78, 5) is 16.4. The summed E-state index contributed by atoms with van der Waals surface area (Å²) in [6, 6.07) is 3.87. The molecule has 0 fully saturated rings. The van der Waals surface area contributed by atoms with E-state index in [2.05, 4.69) is 5.32 Å². The maximum absolute atomic E-state index is 11.9. The number of hydrogen-bond donors (Lipinski definition) is 1. The van der Waals surface area contributed by atoms with Gasteiger partial charge in [-0.2, -0.15) is 0 Å². The number of sulfone groups is 1. The van der Waals surface area contributed by atoms with Crippen molar-refractivity contribution in [3.63, 3.8) is 0 Å². The summed E-state index contributed by atoms with van der Waals surface area (Å²) in [6.45, 7) is 0.574. The SMILES string of the molecule is CS(=O)(=O)c1cc([N+](=O)[O-])ccc1NCCCc1nc2c(s1)CCCC2. The summed E-state index contributed by atoms with van der Waals surface area (Å²) in [5.74, 6) is 0. The molecule has 0 radical (unpaired) electrons. The molecule has 0 aliphatic heterocycles. The first-order valence-corrected chi connectivity index (χ1v) is 11.3. The highest BCUT2D eigenvalue weighted by Gasteiger charge is 2.18. The lowest BCUT2D eigenvalue weighted by Crippen LogP contribution is -2.09. The van der Waals surface area contributed by atoms with E-state index in [-0.39, 0.29) is 10.6 Å². The Hall–Kier alpha value is -2.00. The molecule has 0 atom stereocenters. The number of fused-ring (bicyclic) bond motifs is 1. The van der Waals surface area contributed by atoms with Crippen LogP contribution >= 0.6 is 11.3 Å². The molecule has 1 aliphatic rings. The molecule has 3 rings (SSSR count). The third-order valence-electron chi connectivity index (χ3n) is 4.35. The van der Waals surface area contributed by atoms with Gasteiger partial charge >= 0.3 is 0 Å². The van der Waals surface area contributed by atoms with Crippen LogP contribution in [0.1, 0.15) is 34.8 Å². The first-order valence-electron chi connectivity index (χ1n) is 8.54. The minimum atomic E-state index is -3.56. The van der Waals surface area contributed by atoms with Crippen LogP contribution in [0.5, 0.6) is 0 Å². The second kappa shape index (κ2) is 7.71. The average Bonchev–Trinajstić information content (AvgIpc) is 3.00. The lowest BCUT2D eigenvalue weighted by Gasteiger charge is -2.10. The van der Waals surface area contributed by atoms with Crippen molar-refractivity contribution in [3.8, 4) is 0 Å². The lowest BCUT2D eigenvalue weighted by molar-refractivity contribution is -0.385. The first-order chi connectivity index (χ1) is 12.3. The predicted molar refractivity (Wildman–Crippen MR) is 102 cm³/mol. The van der Waals surface area contributed by atoms with E-state index < -0.39 is 14.8 Å². The molecular weight excluding hydrogens is 374 g/mol. The summed E-state index contributed by atoms with van der Waals surface area (Å²) in [5, 5.41) is 15.1. The van der Waals surface area contributed by atoms with Gasteiger partial charge in [0, 0.05) is 36.2 Å². The number of thiazole rings is 1. The van der Waals surface area contributed by atoms with Gasteiger partial charge in [0.05, 0.1) is 26.2 Å². The summed E-state index contributed by atoms with van der Waals surface area (Å²) < 4.78 is 23.8. The van der Waals surface area contributed by atoms with E-state index in [0.29, 0.717) is 12.2 Å². The Bertz CT molecular complexity index is 899. The largest absolute Gasteiger partial charge is 0.384 e. The Balaban J connectivity index is 1.62. The molecule has 1 aromatic heterocycles. The number of aryl methyl sites for hydroxylation is 3. The van der Waals surface area contributed by atoms with Crippen molar-refractivity contribution in [1.29, 1.82) is 0 Å². The van der Waals surface area contributed by atoms with Crippen LogP contribution in [0.15, 0.2) is 23.1 Å². The van der Waals surface area contributed by atoms with Crippen LogP contribution in [-0.4, -0.2) is 31.1 Å². The van der Waals surface area contributed by atoms with Crippen LogP contribution in [0.3, 0.4) is 0 Å². The van der Waals surface area contributed by atoms with Gasteiger partial charge in [-0.15, -0.1) is 11.3 Å². The van der Waals surface area contributed by atoms with Gasteiger partial charge in [0.2, 0.25) is 0 Å². The number of nitrogens with zero attached hydrogens (tertiary/aromatic N) is 2. The highest BCUT2D eigenvalue weighted by Crippen LogP contribution is 2.28. The van der Waals surface area contributed by atoms with Gasteiger partial charge in [0.25, 0.3) is 5.69 Å². The molecule has 1 heterocycles. The molecule has 1 aliphatic carbocycles. The molecule has 9 heteroatoms. The monoisotopic (exact) mass is 395 g/mol. The molecule has 140 valence electrons. The van der Waals surface area contributed by atoms with Gasteiger partial charge in [-0.05, 0) is 38.2 Å². The molecule has 0 bridgehead atoms. The minimum absolute atomic E-state index is 0.0450. The average molecular weight is 396 g/mol. The van der Waals surface area contributed by atoms with Gasteiger partial charge < -0.3 is 5.32 Å². The molecule has 1 aromatic carbocycles. The Kier molecular flexibility index (Phi) is 5.57. The van der Waals surface area contributed by atoms with E-state index >= 15 is 0 Å². The van der Waals surface area contributed by atoms with E-state index in [1.807, 2.05) is 0 Å². The molecule has 0 amide bonds. The minimum Gasteiger partial charge on any atom is -0.384 e. The van der Waals surface area contributed by atoms with Gasteiger partial charge in [0.15, 0.2) is 9.84 Å². The fourth-order valence-corrected chi connectivity index (χ4v) is 5.13. The van der Waals surface area contributed by atoms with Crippen molar-refractivity contribution in [2.45, 2.75) is 43.4 Å². The second-order valence-corrected chi connectivity index (χ2v) is 9.58. The fourth-order valence-electron chi connectivity index (χ4n) is 3.05. The van der Waals surface area contributed by atoms with Crippen LogP contribution in [0.4, 0.5) is 11.4 Å². The van der Waals surface area contributed by atoms with Crippen molar-refractivity contribution in [3.05, 3.63) is 43.9 Å². The Labute approximate surface area is 156 Å². The molecule has 0 saturated heterocycles. The predicted octanol–water partition coefficient (Wildman–Crippen LogP) is 3.38. The molecular formula is C17H21N3O4S2. The van der Waals surface area contributed by atoms with Gasteiger partial charge in [0.1, 0.15) is 0 Å². The standard InChI is InChI=1S/C17H21N3O4S2/c1-26(23,24)16-11-12(20(21)22)8-9-14(16)18-10-4-7-17-19-13-5-2-3-6-15(13)25-17/h8-9,11,18H,2-7,10H2,1H3. The number of nitro groups is 1. The summed E-state index contributed by atoms with van der Waals surface area (Å²) in [6.07, 6.45) is 7.36. The second-order valence-electron chi connectivity index (χ2n) is 6.42. The molecule has 0 unspecified atom stereocenters. The van der Waals surface area contributed by atoms with Crippen LogP contribution in [-0.2, 0) is 29.1 Å². The Morgan fingerprint density at radius 1 is 1.31 bits per heavy atom. The smallest absolute Gasteiger partial charge is 0.270 e. The zero-order valence-electron chi connectivity index (χ0n) is 14.5. The van der Waals surface area contributed by atoms with Crippen LogP contribution in [0.2, 0.25) is 0 Å². The number of nitrogens with one attached hydrogen (secondary N) is 1. The molecule has 2 aromatic rings. The topological polar surface area (TPSA) is 102 Å². The number of non-ortho nitro benzene ring substituents is 1. The van der Waals surface area contributed by atoms with Gasteiger partial charge in [-0.1, -0.05) is 0 Å². The van der Waals surface area contributed by atoms with Crippen LogP contribution < -0.4 is 5.32 Å². The number of anilines is 1. The van der Waals surface area contributed by atoms with E-state index in [0.717, 1.165) is 43.0 Å². The maximum Gasteiger partial charge on any atom is 0.270 e. The summed E-state index contributed by atoms with van der Waals surface area (Å²) in [5.41, 5.74) is 1.42. The van der Waals surface area contributed by atoms with Crippen molar-refractivity contribution >= 4 is 32.5 Å². The lowest BCUT2D eigenvalue weighted by atomic mass is 10.0. The summed E-state index contributed by atoms with van der Waals surface area (Å²) >= 11 is 1.78. The normalized spacial score (nSPS) is 14.0. The molecule has 26 heavy (non-hydrogen) atoms. The number of rotatable bonds is 7. The molecule has 7 nitrogen and oxygen atoms in total. The zero-order chi connectivity index (χ0) is 18.7. The number of hydrogen-bond acceptors (Lipinski definition) is 7. The van der Waals surface area contributed by atoms with Crippen molar-refractivity contribution in [1.82, 2.24) is 4.98 Å². The quantitative estimate of drug-likeness (QED) is 0.438. The van der Waals surface area contributed by atoms with Crippen LogP contribution in [0, 0.1) is 10.1 Å². The van der Waals surface area contributed by atoms with E-state index in [1.165, 1.54) is 35.5 Å². The Morgan fingerprint density at radius 3 is 2.77 bits per heavy atom. The first kappa shape index (κ1) is 18.8. The molecule has 1 N–H and O–H groups in total. The summed E-state index contributed by atoms with van der Waals surface area (Å²) in [7, 11) is -3.56. The number of nitro benzene ring substituents is 1. The zero-order valence-corrected chi connectivity index (χ0v) is 16.2. The highest BCUT2D eigenvalue weighted by molar-refractivity contribution is 7.90. The van der Waals surface area contributed by atoms with E-state index in [1.54, 1.807) is 11.3 Å². The van der Waals surface area contributed by atoms with Gasteiger partial charge in [-0.25, -0.2) is 13.4 Å². The third kappa shape index (κ3) is 4.39. The maximum atomic E-state index is 11.9. The highest BCUT2D eigenvalue weighted by atomic mass is 32.2. The molecule has 0 spiro atoms. The number of aromatic nitrogens is 1. The van der Waals surface area contributed by atoms with Crippen molar-refractivity contribution < 1.29 is 13.3 Å². The fraction of sp³-hybridized carbons (Fsp3) is 0.471.